The highest BCUT2D eigenvalue weighted by Crippen LogP contribution is 2.47. The Kier molecular flexibility index (Phi) is 11.3. The Morgan fingerprint density at radius 2 is 1.09 bits per heavy atom. The van der Waals surface area contributed by atoms with Gasteiger partial charge in [-0.1, -0.05) is 179 Å². The zero-order valence-corrected chi connectivity index (χ0v) is 38.0. The van der Waals surface area contributed by atoms with E-state index in [4.69, 9.17) is 0 Å². The molecule has 1 aliphatic rings. The first kappa shape index (κ1) is 41.8. The van der Waals surface area contributed by atoms with Gasteiger partial charge in [-0.05, 0) is 108 Å². The zero-order valence-electron chi connectivity index (χ0n) is 38.0. The van der Waals surface area contributed by atoms with Crippen molar-refractivity contribution in [1.29, 1.82) is 0 Å². The van der Waals surface area contributed by atoms with Crippen LogP contribution in [0.25, 0.3) is 105 Å². The van der Waals surface area contributed by atoms with Crippen molar-refractivity contribution in [1.82, 2.24) is 13.7 Å². The molecule has 66 heavy (non-hydrogen) atoms. The molecule has 7 aromatic carbocycles. The predicted molar refractivity (Wildman–Crippen MR) is 288 cm³/mol. The van der Waals surface area contributed by atoms with Crippen LogP contribution in [0.15, 0.2) is 238 Å². The summed E-state index contributed by atoms with van der Waals surface area (Å²) in [6.45, 7) is 18.5. The molecule has 3 aromatic heterocycles. The van der Waals surface area contributed by atoms with Gasteiger partial charge in [0.25, 0.3) is 0 Å². The molecule has 0 aliphatic heterocycles. The van der Waals surface area contributed by atoms with Gasteiger partial charge in [0.15, 0.2) is 0 Å². The van der Waals surface area contributed by atoms with Crippen LogP contribution in [0.5, 0.6) is 0 Å². The summed E-state index contributed by atoms with van der Waals surface area (Å²) in [6, 6.07) is 55.6. The predicted octanol–water partition coefficient (Wildman–Crippen LogP) is 17.7. The Bertz CT molecular complexity index is 3670. The molecule has 320 valence electrons. The van der Waals surface area contributed by atoms with Gasteiger partial charge in [-0.15, -0.1) is 0 Å². The summed E-state index contributed by atoms with van der Waals surface area (Å²) in [7, 11) is 0. The molecule has 0 amide bonds. The largest absolute Gasteiger partial charge is 0.309 e. The van der Waals surface area contributed by atoms with E-state index < -0.39 is 0 Å². The summed E-state index contributed by atoms with van der Waals surface area (Å²) in [5, 5.41) is 7.21. The highest BCUT2D eigenvalue weighted by atomic mass is 15.0. The summed E-state index contributed by atoms with van der Waals surface area (Å²) >= 11 is 0. The quantitative estimate of drug-likeness (QED) is 0.122. The second kappa shape index (κ2) is 17.8. The normalized spacial score (nSPS) is 14.4. The summed E-state index contributed by atoms with van der Waals surface area (Å²) in [5.41, 5.74) is 16.1. The number of aromatic nitrogens is 3. The minimum absolute atomic E-state index is 0.215. The smallest absolute Gasteiger partial charge is 0.0641 e. The molecule has 1 atom stereocenters. The lowest BCUT2D eigenvalue weighted by Crippen LogP contribution is -2.06. The first-order valence-corrected chi connectivity index (χ1v) is 23.1. The lowest BCUT2D eigenvalue weighted by molar-refractivity contribution is 0.784. The number of rotatable bonds is 10. The van der Waals surface area contributed by atoms with Gasteiger partial charge >= 0.3 is 0 Å². The molecule has 0 radical (unpaired) electrons. The fraction of sp³-hybridized carbons (Fsp3) is 0.0794. The van der Waals surface area contributed by atoms with E-state index in [1.54, 1.807) is 0 Å². The van der Waals surface area contributed by atoms with Gasteiger partial charge in [0.05, 0.1) is 33.1 Å². The van der Waals surface area contributed by atoms with Gasteiger partial charge in [0, 0.05) is 55.3 Å². The Morgan fingerprint density at radius 3 is 1.68 bits per heavy atom. The number of para-hydroxylation sites is 1. The molecule has 0 spiro atoms. The van der Waals surface area contributed by atoms with Gasteiger partial charge in [0.2, 0.25) is 0 Å². The van der Waals surface area contributed by atoms with Crippen LogP contribution in [-0.4, -0.2) is 13.7 Å². The van der Waals surface area contributed by atoms with Crippen molar-refractivity contribution < 1.29 is 0 Å². The minimum Gasteiger partial charge on any atom is -0.309 e. The van der Waals surface area contributed by atoms with Crippen molar-refractivity contribution >= 4 is 76.8 Å². The van der Waals surface area contributed by atoms with Crippen LogP contribution in [0.2, 0.25) is 0 Å². The zero-order chi connectivity index (χ0) is 45.3. The van der Waals surface area contributed by atoms with Gasteiger partial charge in [-0.2, -0.15) is 0 Å². The summed E-state index contributed by atoms with van der Waals surface area (Å²) in [4.78, 5) is 0. The van der Waals surface area contributed by atoms with Crippen LogP contribution in [0.1, 0.15) is 27.2 Å². The monoisotopic (exact) mass is 851 g/mol. The molecule has 10 aromatic rings. The van der Waals surface area contributed by atoms with Crippen LogP contribution >= 0.6 is 0 Å². The number of hydrogen-bond acceptors (Lipinski definition) is 0. The fourth-order valence-electron chi connectivity index (χ4n) is 10.2. The van der Waals surface area contributed by atoms with Crippen LogP contribution < -0.4 is 0 Å². The average Bonchev–Trinajstić information content (AvgIpc) is 4.02. The SMILES string of the molecule is C=C/C=C(\C=C/C)C1C=C(n2c3ccc(-c4ccccc4)cc3c3c2ccc2c4ccc5c(c6cc(-c7ccccc7)ccc6n5/C(C=C)=C/C=C)c4n(-c4ccccc4)c23)C=CC1.CC. The molecular weight excluding hydrogens is 799 g/mol. The van der Waals surface area contributed by atoms with E-state index >= 15 is 0 Å². The highest BCUT2D eigenvalue weighted by Gasteiger charge is 2.26. The standard InChI is InChI=1S/C61H47N3.C2H6/c1-5-19-41(20-6-2)44-26-18-29-49(38-44)63-55-35-31-46(43-24-14-10-15-25-43)40-53(55)59-57(63)37-33-51-50-32-36-56-58(60(50)64(61(51)59)48-27-16-11-17-28-48)52-39-45(42-22-12-9-13-23-42)30-34-54(52)62(56)47(8-4)21-7-3;1-2/h5-25,27-40,44H,1,3-4,26H2,2H3;1-2H3/b20-6-,41-19+,47-21+;. The summed E-state index contributed by atoms with van der Waals surface area (Å²) in [6.07, 6.45) is 22.2. The second-order valence-electron chi connectivity index (χ2n) is 16.5. The fourth-order valence-corrected chi connectivity index (χ4v) is 10.2. The van der Waals surface area contributed by atoms with Gasteiger partial charge < -0.3 is 13.7 Å². The Morgan fingerprint density at radius 1 is 0.545 bits per heavy atom. The second-order valence-corrected chi connectivity index (χ2v) is 16.5. The molecule has 0 N–H and O–H groups in total. The van der Waals surface area contributed by atoms with Crippen LogP contribution in [0, 0.1) is 5.92 Å². The molecular formula is C63H53N3. The van der Waals surface area contributed by atoms with Crippen molar-refractivity contribution in [3.8, 4) is 27.9 Å². The third-order valence-electron chi connectivity index (χ3n) is 12.9. The minimum atomic E-state index is 0.215. The van der Waals surface area contributed by atoms with E-state index in [1.807, 2.05) is 38.2 Å². The van der Waals surface area contributed by atoms with E-state index in [9.17, 15) is 0 Å². The van der Waals surface area contributed by atoms with E-state index in [1.165, 1.54) is 76.7 Å². The third-order valence-corrected chi connectivity index (χ3v) is 12.9. The molecule has 0 bridgehead atoms. The molecule has 1 aliphatic carbocycles. The van der Waals surface area contributed by atoms with Gasteiger partial charge in [-0.25, -0.2) is 0 Å². The molecule has 1 unspecified atom stereocenters. The number of hydrogen-bond donors (Lipinski definition) is 0. The average molecular weight is 852 g/mol. The molecule has 0 saturated heterocycles. The Hall–Kier alpha value is -8.14. The highest BCUT2D eigenvalue weighted by molar-refractivity contribution is 6.32. The first-order chi connectivity index (χ1) is 32.6. The van der Waals surface area contributed by atoms with Gasteiger partial charge in [-0.3, -0.25) is 0 Å². The summed E-state index contributed by atoms with van der Waals surface area (Å²) < 4.78 is 7.37. The van der Waals surface area contributed by atoms with E-state index in [2.05, 4.69) is 228 Å². The van der Waals surface area contributed by atoms with Crippen LogP contribution in [0.4, 0.5) is 0 Å². The molecule has 3 nitrogen and oxygen atoms in total. The van der Waals surface area contributed by atoms with Crippen LogP contribution in [0.3, 0.4) is 0 Å². The Labute approximate surface area is 387 Å². The van der Waals surface area contributed by atoms with Crippen molar-refractivity contribution in [2.45, 2.75) is 27.2 Å². The number of fused-ring (bicyclic) bond motifs is 11. The Balaban J connectivity index is 0.00000252. The maximum Gasteiger partial charge on any atom is 0.0641 e. The van der Waals surface area contributed by atoms with Crippen LogP contribution in [-0.2, 0) is 0 Å². The van der Waals surface area contributed by atoms with E-state index in [-0.39, 0.29) is 5.92 Å². The molecule has 3 heterocycles. The van der Waals surface area contributed by atoms with Gasteiger partial charge in [0.1, 0.15) is 0 Å². The molecule has 3 heteroatoms. The molecule has 0 fully saturated rings. The van der Waals surface area contributed by atoms with Crippen molar-refractivity contribution in [3.63, 3.8) is 0 Å². The maximum atomic E-state index is 4.28. The summed E-state index contributed by atoms with van der Waals surface area (Å²) in [5.74, 6) is 0.215. The molecule has 0 saturated carbocycles. The maximum absolute atomic E-state index is 4.28. The first-order valence-electron chi connectivity index (χ1n) is 23.1. The lowest BCUT2D eigenvalue weighted by Gasteiger charge is -2.20. The van der Waals surface area contributed by atoms with Crippen molar-refractivity contribution in [2.24, 2.45) is 5.92 Å². The number of benzene rings is 7. The van der Waals surface area contributed by atoms with E-state index in [0.29, 0.717) is 0 Å². The number of nitrogens with zero attached hydrogens (tertiary/aromatic N) is 3. The van der Waals surface area contributed by atoms with Crippen molar-refractivity contribution in [3.05, 3.63) is 238 Å². The number of allylic oxidation sites excluding steroid dienone is 13. The lowest BCUT2D eigenvalue weighted by atomic mass is 9.90. The topological polar surface area (TPSA) is 14.8 Å². The van der Waals surface area contributed by atoms with E-state index in [0.717, 1.165) is 40.1 Å². The third kappa shape index (κ3) is 6.83. The molecule has 11 rings (SSSR count). The van der Waals surface area contributed by atoms with Crippen molar-refractivity contribution in [2.75, 3.05) is 0 Å².